The first-order valence-corrected chi connectivity index (χ1v) is 9.04. The van der Waals surface area contributed by atoms with E-state index < -0.39 is 0 Å². The second-order valence-corrected chi connectivity index (χ2v) is 6.90. The van der Waals surface area contributed by atoms with E-state index >= 15 is 0 Å². The Labute approximate surface area is 153 Å². The Morgan fingerprint density at radius 3 is 2.40 bits per heavy atom. The van der Waals surface area contributed by atoms with E-state index in [0.29, 0.717) is 5.69 Å². The third-order valence-electron chi connectivity index (χ3n) is 4.85. The first kappa shape index (κ1) is 17.8. The maximum absolute atomic E-state index is 11.4. The summed E-state index contributed by atoms with van der Waals surface area (Å²) in [6.07, 6.45) is 2.75. The van der Waals surface area contributed by atoms with Gasteiger partial charge in [0.1, 0.15) is 0 Å². The number of piperazine rings is 1. The second kappa shape index (κ2) is 7.93. The van der Waals surface area contributed by atoms with Gasteiger partial charge < -0.3 is 14.6 Å². The minimum Gasteiger partial charge on any atom is -0.503 e. The van der Waals surface area contributed by atoms with Crippen LogP contribution in [0.2, 0.25) is 5.02 Å². The van der Waals surface area contributed by atoms with Gasteiger partial charge in [0.05, 0.1) is 5.69 Å². The largest absolute Gasteiger partial charge is 0.503 e. The van der Waals surface area contributed by atoms with Crippen LogP contribution < -0.4 is 10.3 Å². The minimum absolute atomic E-state index is 0.140. The zero-order chi connectivity index (χ0) is 17.8. The molecule has 0 aliphatic carbocycles. The van der Waals surface area contributed by atoms with Crippen molar-refractivity contribution in [1.82, 2.24) is 9.47 Å². The summed E-state index contributed by atoms with van der Waals surface area (Å²) in [5.74, 6) is -0.140. The Hall–Kier alpha value is -1.98. The summed E-state index contributed by atoms with van der Waals surface area (Å²) in [4.78, 5) is 16.2. The number of benzene rings is 1. The maximum atomic E-state index is 11.4. The molecule has 1 saturated heterocycles. The molecule has 2 aromatic rings. The van der Waals surface area contributed by atoms with E-state index in [1.807, 2.05) is 16.7 Å². The van der Waals surface area contributed by atoms with Crippen molar-refractivity contribution in [1.29, 1.82) is 0 Å². The molecule has 1 aromatic carbocycles. The Balaban J connectivity index is 1.46. The normalized spacial score (nSPS) is 15.5. The lowest BCUT2D eigenvalue weighted by atomic mass is 10.2. The average Bonchev–Trinajstić information content (AvgIpc) is 2.63. The molecule has 0 unspecified atom stereocenters. The quantitative estimate of drug-likeness (QED) is 0.889. The molecular formula is C19H24ClN3O2. The first-order chi connectivity index (χ1) is 12.0. The van der Waals surface area contributed by atoms with E-state index in [4.69, 9.17) is 11.6 Å². The van der Waals surface area contributed by atoms with Crippen LogP contribution in [0.4, 0.5) is 5.69 Å². The van der Waals surface area contributed by atoms with E-state index in [1.54, 1.807) is 13.1 Å². The monoisotopic (exact) mass is 361 g/mol. The molecule has 0 radical (unpaired) electrons. The molecule has 2 heterocycles. The van der Waals surface area contributed by atoms with Gasteiger partial charge in [-0.05, 0) is 44.2 Å². The molecule has 1 aliphatic heterocycles. The van der Waals surface area contributed by atoms with Crippen LogP contribution in [-0.4, -0.2) is 47.3 Å². The molecule has 0 saturated carbocycles. The number of halogens is 1. The first-order valence-electron chi connectivity index (χ1n) is 8.66. The third kappa shape index (κ3) is 4.35. The summed E-state index contributed by atoms with van der Waals surface area (Å²) in [5, 5.41) is 10.5. The van der Waals surface area contributed by atoms with Gasteiger partial charge >= 0.3 is 0 Å². The van der Waals surface area contributed by atoms with Crippen molar-refractivity contribution >= 4 is 17.3 Å². The number of nitrogens with zero attached hydrogens (tertiary/aromatic N) is 3. The highest BCUT2D eigenvalue weighted by Crippen LogP contribution is 2.19. The van der Waals surface area contributed by atoms with Crippen LogP contribution in [0.5, 0.6) is 5.75 Å². The van der Waals surface area contributed by atoms with Gasteiger partial charge in [0.25, 0.3) is 0 Å². The molecule has 0 amide bonds. The van der Waals surface area contributed by atoms with Crippen molar-refractivity contribution in [3.05, 3.63) is 57.5 Å². The Morgan fingerprint density at radius 1 is 1.04 bits per heavy atom. The molecule has 0 atom stereocenters. The summed E-state index contributed by atoms with van der Waals surface area (Å²) < 4.78 is 1.95. The lowest BCUT2D eigenvalue weighted by molar-refractivity contribution is 0.250. The topological polar surface area (TPSA) is 48.7 Å². The van der Waals surface area contributed by atoms with Crippen LogP contribution in [0.3, 0.4) is 0 Å². The summed E-state index contributed by atoms with van der Waals surface area (Å²) in [6.45, 7) is 7.70. The maximum Gasteiger partial charge on any atom is 0.223 e. The second-order valence-electron chi connectivity index (χ2n) is 6.47. The number of hydrogen-bond donors (Lipinski definition) is 1. The molecule has 0 bridgehead atoms. The van der Waals surface area contributed by atoms with Gasteiger partial charge in [-0.2, -0.15) is 0 Å². The van der Waals surface area contributed by atoms with Crippen molar-refractivity contribution in [2.24, 2.45) is 0 Å². The SMILES string of the molecule is Cc1c(O)c(=O)ccn1CCCN1CCN(c2ccc(Cl)cc2)CC1. The highest BCUT2D eigenvalue weighted by atomic mass is 35.5. The Kier molecular flexibility index (Phi) is 5.66. The zero-order valence-electron chi connectivity index (χ0n) is 14.5. The summed E-state index contributed by atoms with van der Waals surface area (Å²) in [5.41, 5.74) is 1.55. The minimum atomic E-state index is -0.313. The fourth-order valence-electron chi connectivity index (χ4n) is 3.25. The summed E-state index contributed by atoms with van der Waals surface area (Å²) in [7, 11) is 0. The predicted molar refractivity (Wildman–Crippen MR) is 102 cm³/mol. The number of rotatable bonds is 5. The summed E-state index contributed by atoms with van der Waals surface area (Å²) >= 11 is 5.95. The van der Waals surface area contributed by atoms with Gasteiger partial charge in [-0.15, -0.1) is 0 Å². The Morgan fingerprint density at radius 2 is 1.72 bits per heavy atom. The van der Waals surface area contributed by atoms with Crippen molar-refractivity contribution in [3.63, 3.8) is 0 Å². The van der Waals surface area contributed by atoms with E-state index in [2.05, 4.69) is 21.9 Å². The Bertz CT molecular complexity index is 765. The standard InChI is InChI=1S/C19H24ClN3O2/c1-15-19(25)18(24)7-10-22(15)9-2-8-21-11-13-23(14-12-21)17-5-3-16(20)4-6-17/h3-7,10,25H,2,8-9,11-14H2,1H3. The lowest BCUT2D eigenvalue weighted by Gasteiger charge is -2.36. The molecule has 1 N–H and O–H groups in total. The van der Waals surface area contributed by atoms with Crippen molar-refractivity contribution < 1.29 is 5.11 Å². The molecule has 134 valence electrons. The van der Waals surface area contributed by atoms with Crippen molar-refractivity contribution in [2.75, 3.05) is 37.6 Å². The van der Waals surface area contributed by atoms with E-state index in [0.717, 1.165) is 50.7 Å². The average molecular weight is 362 g/mol. The molecular weight excluding hydrogens is 338 g/mol. The lowest BCUT2D eigenvalue weighted by Crippen LogP contribution is -2.46. The molecule has 5 nitrogen and oxygen atoms in total. The number of hydrogen-bond acceptors (Lipinski definition) is 4. The highest BCUT2D eigenvalue weighted by Gasteiger charge is 2.16. The number of aryl methyl sites for hydroxylation is 1. The van der Waals surface area contributed by atoms with E-state index in [9.17, 15) is 9.90 Å². The number of aromatic nitrogens is 1. The van der Waals surface area contributed by atoms with Gasteiger partial charge in [-0.3, -0.25) is 9.69 Å². The van der Waals surface area contributed by atoms with E-state index in [-0.39, 0.29) is 11.2 Å². The highest BCUT2D eigenvalue weighted by molar-refractivity contribution is 6.30. The number of pyridine rings is 1. The van der Waals surface area contributed by atoms with Gasteiger partial charge in [0, 0.05) is 55.7 Å². The van der Waals surface area contributed by atoms with Crippen molar-refractivity contribution in [2.45, 2.75) is 19.9 Å². The van der Waals surface area contributed by atoms with Crippen molar-refractivity contribution in [3.8, 4) is 5.75 Å². The zero-order valence-corrected chi connectivity index (χ0v) is 15.2. The van der Waals surface area contributed by atoms with Crippen LogP contribution in [0, 0.1) is 6.92 Å². The molecule has 0 spiro atoms. The van der Waals surface area contributed by atoms with Crippen LogP contribution >= 0.6 is 11.6 Å². The molecule has 1 fully saturated rings. The third-order valence-corrected chi connectivity index (χ3v) is 5.10. The van der Waals surface area contributed by atoms with Crippen LogP contribution in [0.25, 0.3) is 0 Å². The molecule has 3 rings (SSSR count). The van der Waals surface area contributed by atoms with Gasteiger partial charge in [-0.25, -0.2) is 0 Å². The van der Waals surface area contributed by atoms with Gasteiger partial charge in [0.15, 0.2) is 5.75 Å². The van der Waals surface area contributed by atoms with Crippen LogP contribution in [-0.2, 0) is 6.54 Å². The molecule has 6 heteroatoms. The fraction of sp³-hybridized carbons (Fsp3) is 0.421. The molecule has 1 aromatic heterocycles. The molecule has 25 heavy (non-hydrogen) atoms. The fourth-order valence-corrected chi connectivity index (χ4v) is 3.38. The smallest absolute Gasteiger partial charge is 0.223 e. The number of anilines is 1. The van der Waals surface area contributed by atoms with Gasteiger partial charge in [0.2, 0.25) is 5.43 Å². The van der Waals surface area contributed by atoms with Crippen LogP contribution in [0.1, 0.15) is 12.1 Å². The van der Waals surface area contributed by atoms with Crippen LogP contribution in [0.15, 0.2) is 41.3 Å². The van der Waals surface area contributed by atoms with E-state index in [1.165, 1.54) is 11.8 Å². The van der Waals surface area contributed by atoms with Gasteiger partial charge in [-0.1, -0.05) is 11.6 Å². The summed E-state index contributed by atoms with van der Waals surface area (Å²) in [6, 6.07) is 9.44. The number of aromatic hydroxyl groups is 1. The molecule has 1 aliphatic rings. The predicted octanol–water partition coefficient (Wildman–Crippen LogP) is 2.73.